The molecule has 0 aliphatic rings. The molecule has 1 N–H and O–H groups in total. The first-order valence-corrected chi connectivity index (χ1v) is 6.76. The maximum absolute atomic E-state index is 13.7. The number of rotatable bonds is 7. The van der Waals surface area contributed by atoms with E-state index in [0.717, 1.165) is 12.8 Å². The maximum atomic E-state index is 13.7. The molecule has 96 valence electrons. The summed E-state index contributed by atoms with van der Waals surface area (Å²) in [4.78, 5) is 0.403. The van der Waals surface area contributed by atoms with E-state index in [1.54, 1.807) is 18.2 Å². The maximum Gasteiger partial charge on any atom is 0.285 e. The molecule has 0 aromatic heterocycles. The predicted octanol–water partition coefficient (Wildman–Crippen LogP) is 3.93. The molecule has 1 atom stereocenters. The molecule has 1 aromatic rings. The molecule has 1 nitrogen and oxygen atoms in total. The van der Waals surface area contributed by atoms with Crippen LogP contribution in [0.25, 0.3) is 0 Å². The van der Waals surface area contributed by atoms with Gasteiger partial charge in [0.25, 0.3) is 5.92 Å². The molecule has 0 spiro atoms. The fraction of sp³-hybridized carbons (Fsp3) is 0.538. The van der Waals surface area contributed by atoms with Gasteiger partial charge in [-0.25, -0.2) is 0 Å². The molecule has 0 amide bonds. The molecule has 1 unspecified atom stereocenters. The minimum absolute atomic E-state index is 0.0679. The van der Waals surface area contributed by atoms with E-state index >= 15 is 0 Å². The average molecular weight is 306 g/mol. The number of hydrogen-bond donors (Lipinski definition) is 1. The van der Waals surface area contributed by atoms with E-state index in [4.69, 9.17) is 0 Å². The van der Waals surface area contributed by atoms with Crippen LogP contribution < -0.4 is 5.32 Å². The van der Waals surface area contributed by atoms with E-state index in [0.29, 0.717) is 11.4 Å². The molecular formula is C13H18BrF2N. The number of hydrogen-bond acceptors (Lipinski definition) is 1. The van der Waals surface area contributed by atoms with E-state index in [1.807, 2.05) is 0 Å². The van der Waals surface area contributed by atoms with E-state index in [-0.39, 0.29) is 12.1 Å². The van der Waals surface area contributed by atoms with Gasteiger partial charge in [0.1, 0.15) is 0 Å². The van der Waals surface area contributed by atoms with E-state index in [2.05, 4.69) is 28.2 Å². The van der Waals surface area contributed by atoms with Gasteiger partial charge in [0.15, 0.2) is 0 Å². The Labute approximate surface area is 110 Å². The van der Waals surface area contributed by atoms with Crippen LogP contribution in [0.2, 0.25) is 0 Å². The third-order valence-corrected chi connectivity index (χ3v) is 3.73. The van der Waals surface area contributed by atoms with Crippen LogP contribution in [0.3, 0.4) is 0 Å². The van der Waals surface area contributed by atoms with Crippen molar-refractivity contribution in [3.8, 4) is 0 Å². The first-order chi connectivity index (χ1) is 8.06. The van der Waals surface area contributed by atoms with Crippen LogP contribution in [0.4, 0.5) is 8.78 Å². The molecule has 0 bridgehead atoms. The Morgan fingerprint density at radius 1 is 1.29 bits per heavy atom. The van der Waals surface area contributed by atoms with Gasteiger partial charge in [0, 0.05) is 10.4 Å². The minimum Gasteiger partial charge on any atom is -0.311 e. The lowest BCUT2D eigenvalue weighted by Gasteiger charge is -2.17. The highest BCUT2D eigenvalue weighted by Gasteiger charge is 2.30. The van der Waals surface area contributed by atoms with Crippen LogP contribution in [-0.4, -0.2) is 17.9 Å². The molecule has 1 rings (SSSR count). The van der Waals surface area contributed by atoms with Gasteiger partial charge in [-0.2, -0.15) is 8.78 Å². The van der Waals surface area contributed by atoms with Crippen LogP contribution in [-0.2, 0) is 5.92 Å². The lowest BCUT2D eigenvalue weighted by molar-refractivity contribution is -0.00298. The lowest BCUT2D eigenvalue weighted by Crippen LogP contribution is -2.32. The number of alkyl halides is 3. The largest absolute Gasteiger partial charge is 0.311 e. The fourth-order valence-corrected chi connectivity index (χ4v) is 1.72. The highest BCUT2D eigenvalue weighted by molar-refractivity contribution is 9.09. The molecule has 4 heteroatoms. The van der Waals surface area contributed by atoms with Crippen LogP contribution in [0.15, 0.2) is 30.3 Å². The van der Waals surface area contributed by atoms with Gasteiger partial charge in [-0.3, -0.25) is 0 Å². The molecule has 1 aromatic carbocycles. The Bertz CT molecular complexity index is 316. The number of nitrogens with one attached hydrogen (secondary N) is 1. The number of benzene rings is 1. The van der Waals surface area contributed by atoms with Crippen molar-refractivity contribution >= 4 is 15.9 Å². The first kappa shape index (κ1) is 14.6. The summed E-state index contributed by atoms with van der Waals surface area (Å²) in [6.45, 7) is 2.37. The first-order valence-electron chi connectivity index (χ1n) is 5.84. The molecule has 0 fully saturated rings. The van der Waals surface area contributed by atoms with Crippen molar-refractivity contribution in [3.63, 3.8) is 0 Å². The molecule has 0 saturated heterocycles. The number of halogens is 3. The van der Waals surface area contributed by atoms with Crippen molar-refractivity contribution in [1.29, 1.82) is 0 Å². The lowest BCUT2D eigenvalue weighted by atomic mass is 10.1. The monoisotopic (exact) mass is 305 g/mol. The Morgan fingerprint density at radius 3 is 2.53 bits per heavy atom. The molecular weight excluding hydrogens is 288 g/mol. The zero-order valence-electron chi connectivity index (χ0n) is 9.93. The minimum atomic E-state index is -2.80. The second-order valence-electron chi connectivity index (χ2n) is 4.04. The van der Waals surface area contributed by atoms with E-state index < -0.39 is 5.92 Å². The topological polar surface area (TPSA) is 12.0 Å². The highest BCUT2D eigenvalue weighted by atomic mass is 79.9. The van der Waals surface area contributed by atoms with Crippen molar-refractivity contribution in [1.82, 2.24) is 5.32 Å². The van der Waals surface area contributed by atoms with E-state index in [9.17, 15) is 8.78 Å². The molecule has 0 aliphatic carbocycles. The van der Waals surface area contributed by atoms with Crippen molar-refractivity contribution in [2.45, 2.75) is 30.5 Å². The van der Waals surface area contributed by atoms with Crippen LogP contribution in [0.5, 0.6) is 0 Å². The fourth-order valence-electron chi connectivity index (χ4n) is 1.49. The SMILES string of the molecule is CCC(Br)CCNCC(F)(F)c1ccccc1. The van der Waals surface area contributed by atoms with Gasteiger partial charge in [0.05, 0.1) is 6.54 Å². The van der Waals surface area contributed by atoms with Crippen LogP contribution in [0, 0.1) is 0 Å². The standard InChI is InChI=1S/C13H18BrF2N/c1-2-12(14)8-9-17-10-13(15,16)11-6-4-3-5-7-11/h3-7,12,17H,2,8-10H2,1H3. The summed E-state index contributed by atoms with van der Waals surface area (Å²) >= 11 is 3.47. The highest BCUT2D eigenvalue weighted by Crippen LogP contribution is 2.26. The van der Waals surface area contributed by atoms with Crippen molar-refractivity contribution < 1.29 is 8.78 Å². The second kappa shape index (κ2) is 7.07. The van der Waals surface area contributed by atoms with Crippen molar-refractivity contribution in [2.24, 2.45) is 0 Å². The van der Waals surface area contributed by atoms with Gasteiger partial charge in [-0.15, -0.1) is 0 Å². The quantitative estimate of drug-likeness (QED) is 0.594. The van der Waals surface area contributed by atoms with Gasteiger partial charge >= 0.3 is 0 Å². The summed E-state index contributed by atoms with van der Waals surface area (Å²) in [6, 6.07) is 7.93. The van der Waals surface area contributed by atoms with E-state index in [1.165, 1.54) is 12.1 Å². The zero-order chi connectivity index (χ0) is 12.7. The second-order valence-corrected chi connectivity index (χ2v) is 5.34. The summed E-state index contributed by atoms with van der Waals surface area (Å²) in [7, 11) is 0. The summed E-state index contributed by atoms with van der Waals surface area (Å²) < 4.78 is 27.4. The van der Waals surface area contributed by atoms with Gasteiger partial charge in [-0.1, -0.05) is 53.2 Å². The van der Waals surface area contributed by atoms with Crippen molar-refractivity contribution in [3.05, 3.63) is 35.9 Å². The Hall–Kier alpha value is -0.480. The molecule has 0 saturated carbocycles. The predicted molar refractivity (Wildman–Crippen MR) is 70.8 cm³/mol. The molecule has 17 heavy (non-hydrogen) atoms. The summed E-state index contributed by atoms with van der Waals surface area (Å²) in [6.07, 6.45) is 1.87. The van der Waals surface area contributed by atoms with Crippen LogP contribution >= 0.6 is 15.9 Å². The summed E-state index contributed by atoms with van der Waals surface area (Å²) in [5.74, 6) is -2.80. The normalized spacial score (nSPS) is 13.6. The average Bonchev–Trinajstić information content (AvgIpc) is 2.35. The summed E-state index contributed by atoms with van der Waals surface area (Å²) in [5, 5.41) is 2.81. The molecule has 0 heterocycles. The van der Waals surface area contributed by atoms with Gasteiger partial charge in [-0.05, 0) is 19.4 Å². The van der Waals surface area contributed by atoms with Gasteiger partial charge < -0.3 is 5.32 Å². The third kappa shape index (κ3) is 5.13. The Balaban J connectivity index is 2.35. The molecule has 0 aliphatic heterocycles. The Morgan fingerprint density at radius 2 is 1.94 bits per heavy atom. The van der Waals surface area contributed by atoms with Gasteiger partial charge in [0.2, 0.25) is 0 Å². The summed E-state index contributed by atoms with van der Waals surface area (Å²) in [5.41, 5.74) is 0.0679. The van der Waals surface area contributed by atoms with Crippen molar-refractivity contribution in [2.75, 3.05) is 13.1 Å². The Kier molecular flexibility index (Phi) is 6.06. The third-order valence-electron chi connectivity index (χ3n) is 2.62. The smallest absolute Gasteiger partial charge is 0.285 e. The zero-order valence-corrected chi connectivity index (χ0v) is 11.5. The molecule has 0 radical (unpaired) electrons. The van der Waals surface area contributed by atoms with Crippen LogP contribution in [0.1, 0.15) is 25.3 Å².